The normalized spacial score (nSPS) is 10.6. The van der Waals surface area contributed by atoms with E-state index in [4.69, 9.17) is 9.47 Å². The molecule has 178 valence electrons. The van der Waals surface area contributed by atoms with Crippen molar-refractivity contribution in [1.29, 1.82) is 0 Å². The second-order valence-electron chi connectivity index (χ2n) is 6.49. The Kier molecular flexibility index (Phi) is 7.69. The Morgan fingerprint density at radius 2 is 1.85 bits per heavy atom. The monoisotopic (exact) mass is 476 g/mol. The zero-order valence-corrected chi connectivity index (χ0v) is 17.6. The van der Waals surface area contributed by atoms with Gasteiger partial charge in [0.15, 0.2) is 12.4 Å². The predicted octanol–water partition coefficient (Wildman–Crippen LogP) is 3.58. The van der Waals surface area contributed by atoms with Crippen LogP contribution < -0.4 is 14.8 Å². The number of rotatable bonds is 10. The number of non-ortho nitro benzene ring substituents is 1. The summed E-state index contributed by atoms with van der Waals surface area (Å²) in [5, 5.41) is 17.3. The van der Waals surface area contributed by atoms with E-state index in [2.05, 4.69) is 15.2 Å². The number of anilines is 1. The number of carbonyl (C=O) groups excluding carboxylic acids is 2. The molecule has 34 heavy (non-hydrogen) atoms. The van der Waals surface area contributed by atoms with Gasteiger partial charge >= 0.3 is 12.6 Å². The first-order valence-corrected chi connectivity index (χ1v) is 9.76. The number of para-hydroxylation sites is 2. The maximum atomic E-state index is 12.5. The molecule has 0 spiro atoms. The number of carbonyl (C=O) groups is 2. The fourth-order valence-electron chi connectivity index (χ4n) is 2.76. The van der Waals surface area contributed by atoms with Crippen LogP contribution in [0.3, 0.4) is 0 Å². The topological polar surface area (TPSA) is 135 Å². The van der Waals surface area contributed by atoms with E-state index in [1.165, 1.54) is 59.4 Å². The summed E-state index contributed by atoms with van der Waals surface area (Å²) in [6.07, 6.45) is 1.30. The standard InChI is InChI=1S/C21H18F2N4O7/c1-2-32-20(29)19-17(11-26(25-19)13-7-9-14(10-8-13)27(30)31)33-12-18(28)24-15-5-3-4-6-16(15)34-21(22)23/h3-11,21H,2,12H2,1H3,(H,24,28). The van der Waals surface area contributed by atoms with Gasteiger partial charge in [0.05, 0.1) is 29.1 Å². The summed E-state index contributed by atoms with van der Waals surface area (Å²) >= 11 is 0. The highest BCUT2D eigenvalue weighted by Gasteiger charge is 2.22. The molecule has 0 aliphatic rings. The zero-order valence-electron chi connectivity index (χ0n) is 17.6. The van der Waals surface area contributed by atoms with Gasteiger partial charge in [-0.1, -0.05) is 12.1 Å². The van der Waals surface area contributed by atoms with Gasteiger partial charge in [-0.2, -0.15) is 13.9 Å². The van der Waals surface area contributed by atoms with Gasteiger partial charge in [0.2, 0.25) is 5.69 Å². The number of esters is 1. The molecule has 0 saturated carbocycles. The number of ether oxygens (including phenoxy) is 3. The molecule has 0 aliphatic heterocycles. The number of nitrogens with one attached hydrogen (secondary N) is 1. The third-order valence-electron chi connectivity index (χ3n) is 4.21. The van der Waals surface area contributed by atoms with Crippen LogP contribution in [0.2, 0.25) is 0 Å². The number of halogens is 2. The van der Waals surface area contributed by atoms with E-state index in [-0.39, 0.29) is 35.2 Å². The van der Waals surface area contributed by atoms with Crippen molar-refractivity contribution in [2.45, 2.75) is 13.5 Å². The average molecular weight is 476 g/mol. The zero-order chi connectivity index (χ0) is 24.7. The van der Waals surface area contributed by atoms with Gasteiger partial charge in [0.25, 0.3) is 11.6 Å². The van der Waals surface area contributed by atoms with E-state index in [9.17, 15) is 28.5 Å². The number of amides is 1. The van der Waals surface area contributed by atoms with E-state index in [1.807, 2.05) is 0 Å². The molecule has 0 saturated heterocycles. The molecule has 0 aliphatic carbocycles. The Morgan fingerprint density at radius 3 is 2.50 bits per heavy atom. The minimum atomic E-state index is -3.08. The third kappa shape index (κ3) is 6.03. The second kappa shape index (κ2) is 10.8. The minimum Gasteiger partial charge on any atom is -0.480 e. The Balaban J connectivity index is 1.77. The lowest BCUT2D eigenvalue weighted by molar-refractivity contribution is -0.384. The maximum absolute atomic E-state index is 12.5. The van der Waals surface area contributed by atoms with Gasteiger partial charge < -0.3 is 19.5 Å². The molecule has 2 aromatic carbocycles. The van der Waals surface area contributed by atoms with Gasteiger partial charge in [0.1, 0.15) is 5.75 Å². The molecular weight excluding hydrogens is 458 g/mol. The molecule has 11 nitrogen and oxygen atoms in total. The van der Waals surface area contributed by atoms with Crippen molar-refractivity contribution in [2.24, 2.45) is 0 Å². The predicted molar refractivity (Wildman–Crippen MR) is 113 cm³/mol. The average Bonchev–Trinajstić information content (AvgIpc) is 3.23. The number of benzene rings is 2. The van der Waals surface area contributed by atoms with Crippen molar-refractivity contribution in [3.63, 3.8) is 0 Å². The first-order valence-electron chi connectivity index (χ1n) is 9.76. The highest BCUT2D eigenvalue weighted by atomic mass is 19.3. The van der Waals surface area contributed by atoms with Crippen molar-refractivity contribution < 1.29 is 37.5 Å². The smallest absolute Gasteiger partial charge is 0.387 e. The van der Waals surface area contributed by atoms with Gasteiger partial charge in [-0.25, -0.2) is 9.48 Å². The largest absolute Gasteiger partial charge is 0.480 e. The molecule has 0 unspecified atom stereocenters. The highest BCUT2D eigenvalue weighted by molar-refractivity contribution is 5.94. The molecule has 1 aromatic heterocycles. The molecule has 0 radical (unpaired) electrons. The molecule has 0 fully saturated rings. The van der Waals surface area contributed by atoms with Crippen LogP contribution in [0.5, 0.6) is 11.5 Å². The Hall–Kier alpha value is -4.55. The molecule has 1 amide bonds. The summed E-state index contributed by atoms with van der Waals surface area (Å²) in [7, 11) is 0. The number of aromatic nitrogens is 2. The quantitative estimate of drug-likeness (QED) is 0.267. The van der Waals surface area contributed by atoms with Crippen molar-refractivity contribution in [3.05, 3.63) is 70.5 Å². The van der Waals surface area contributed by atoms with E-state index in [0.29, 0.717) is 5.69 Å². The number of hydrogen-bond donors (Lipinski definition) is 1. The molecule has 3 aromatic rings. The van der Waals surface area contributed by atoms with Gasteiger partial charge in [-0.3, -0.25) is 14.9 Å². The Morgan fingerprint density at radius 1 is 1.15 bits per heavy atom. The van der Waals surface area contributed by atoms with E-state index in [1.54, 1.807) is 6.92 Å². The molecule has 0 atom stereocenters. The second-order valence-corrected chi connectivity index (χ2v) is 6.49. The minimum absolute atomic E-state index is 0.00333. The molecular formula is C21H18F2N4O7. The van der Waals surface area contributed by atoms with Crippen molar-refractivity contribution in [3.8, 4) is 17.2 Å². The highest BCUT2D eigenvalue weighted by Crippen LogP contribution is 2.26. The SMILES string of the molecule is CCOC(=O)c1nn(-c2ccc([N+](=O)[O-])cc2)cc1OCC(=O)Nc1ccccc1OC(F)F. The molecule has 13 heteroatoms. The van der Waals surface area contributed by atoms with Crippen LogP contribution in [-0.2, 0) is 9.53 Å². The summed E-state index contributed by atoms with van der Waals surface area (Å²) in [6.45, 7) is -2.02. The van der Waals surface area contributed by atoms with Gasteiger partial charge in [-0.05, 0) is 31.2 Å². The van der Waals surface area contributed by atoms with Crippen LogP contribution in [0.25, 0.3) is 5.69 Å². The van der Waals surface area contributed by atoms with E-state index in [0.717, 1.165) is 0 Å². The van der Waals surface area contributed by atoms with E-state index >= 15 is 0 Å². The van der Waals surface area contributed by atoms with Crippen LogP contribution in [0.4, 0.5) is 20.2 Å². The number of alkyl halides is 2. The first-order chi connectivity index (χ1) is 16.3. The number of hydrogen-bond acceptors (Lipinski definition) is 8. The van der Waals surface area contributed by atoms with Crippen LogP contribution in [0.15, 0.2) is 54.7 Å². The first kappa shape index (κ1) is 24.1. The number of nitro benzene ring substituents is 1. The van der Waals surface area contributed by atoms with Crippen LogP contribution in [0, 0.1) is 10.1 Å². The van der Waals surface area contributed by atoms with E-state index < -0.39 is 30.0 Å². The Bertz CT molecular complexity index is 1180. The number of nitrogens with zero attached hydrogens (tertiary/aromatic N) is 3. The Labute approximate surface area is 191 Å². The summed E-state index contributed by atoms with van der Waals surface area (Å²) in [4.78, 5) is 34.9. The van der Waals surface area contributed by atoms with Crippen molar-refractivity contribution >= 4 is 23.3 Å². The summed E-state index contributed by atoms with van der Waals surface area (Å²) < 4.78 is 41.1. The maximum Gasteiger partial charge on any atom is 0.387 e. The molecule has 3 rings (SSSR count). The lowest BCUT2D eigenvalue weighted by Gasteiger charge is -2.12. The summed E-state index contributed by atoms with van der Waals surface area (Å²) in [6, 6.07) is 10.9. The lowest BCUT2D eigenvalue weighted by atomic mass is 10.3. The van der Waals surface area contributed by atoms with Crippen LogP contribution in [-0.4, -0.2) is 46.4 Å². The van der Waals surface area contributed by atoms with Gasteiger partial charge in [-0.15, -0.1) is 0 Å². The third-order valence-corrected chi connectivity index (χ3v) is 4.21. The molecule has 1 N–H and O–H groups in total. The van der Waals surface area contributed by atoms with Crippen LogP contribution >= 0.6 is 0 Å². The van der Waals surface area contributed by atoms with Gasteiger partial charge in [0, 0.05) is 12.1 Å². The fraction of sp³-hybridized carbons (Fsp3) is 0.190. The van der Waals surface area contributed by atoms with Crippen LogP contribution in [0.1, 0.15) is 17.4 Å². The molecule has 1 heterocycles. The summed E-state index contributed by atoms with van der Waals surface area (Å²) in [5.74, 6) is -1.86. The van der Waals surface area contributed by atoms with Crippen molar-refractivity contribution in [1.82, 2.24) is 9.78 Å². The molecule has 0 bridgehead atoms. The van der Waals surface area contributed by atoms with Crippen molar-refractivity contribution in [2.75, 3.05) is 18.5 Å². The number of nitro groups is 1. The lowest BCUT2D eigenvalue weighted by Crippen LogP contribution is -2.21. The summed E-state index contributed by atoms with van der Waals surface area (Å²) in [5.41, 5.74) is 0.0253. The fourth-order valence-corrected chi connectivity index (χ4v) is 2.76.